The van der Waals surface area contributed by atoms with Crippen molar-refractivity contribution in [3.05, 3.63) is 94.4 Å². The van der Waals surface area contributed by atoms with Crippen molar-refractivity contribution in [1.82, 2.24) is 0 Å². The molecule has 0 radical (unpaired) electrons. The highest BCUT2D eigenvalue weighted by Crippen LogP contribution is 2.43. The summed E-state index contributed by atoms with van der Waals surface area (Å²) in [6.07, 6.45) is 5.53. The summed E-state index contributed by atoms with van der Waals surface area (Å²) in [4.78, 5) is 0. The van der Waals surface area contributed by atoms with Crippen molar-refractivity contribution >= 4 is 5.71 Å². The quantitative estimate of drug-likeness (QED) is 0.299. The lowest BCUT2D eigenvalue weighted by atomic mass is 9.83. The third-order valence-electron chi connectivity index (χ3n) is 5.67. The second kappa shape index (κ2) is 7.90. The fraction of sp³-hybridized carbons (Fsp3) is 0.346. The Labute approximate surface area is 173 Å². The van der Waals surface area contributed by atoms with Crippen LogP contribution in [0.25, 0.3) is 0 Å². The highest BCUT2D eigenvalue weighted by atomic mass is 16.4. The van der Waals surface area contributed by atoms with E-state index in [4.69, 9.17) is 4.42 Å². The van der Waals surface area contributed by atoms with Crippen molar-refractivity contribution in [3.8, 4) is 0 Å². The molecule has 150 valence electrons. The molecule has 0 saturated heterocycles. The van der Waals surface area contributed by atoms with Gasteiger partial charge in [-0.3, -0.25) is 0 Å². The minimum absolute atomic E-state index is 0.107. The third kappa shape index (κ3) is 4.61. The van der Waals surface area contributed by atoms with Crippen LogP contribution in [0, 0.1) is 0 Å². The zero-order chi connectivity index (χ0) is 20.4. The number of oxime groups is 1. The lowest BCUT2D eigenvalue weighted by molar-refractivity contribution is 0.318. The maximum absolute atomic E-state index is 9.80. The summed E-state index contributed by atoms with van der Waals surface area (Å²) in [5.74, 6) is 1.51. The summed E-state index contributed by atoms with van der Waals surface area (Å²) in [5, 5.41) is 13.5. The molecule has 1 aliphatic carbocycles. The molecule has 4 rings (SSSR count). The standard InChI is InChI=1S/C26H29NO2/c1-26(2,3)21-11-12-23(24(16-21)20-9-10-20)25(27-28)15-19-14-22(29-17-19)13-18-7-5-4-6-8-18/h4-8,11-12,14,16-17,20,28H,9-10,13,15H2,1-3H3/b27-25+. The summed E-state index contributed by atoms with van der Waals surface area (Å²) < 4.78 is 5.77. The average Bonchev–Trinajstić information content (AvgIpc) is 3.46. The third-order valence-corrected chi connectivity index (χ3v) is 5.67. The molecule has 29 heavy (non-hydrogen) atoms. The monoisotopic (exact) mass is 387 g/mol. The van der Waals surface area contributed by atoms with E-state index >= 15 is 0 Å². The van der Waals surface area contributed by atoms with Gasteiger partial charge in [-0.1, -0.05) is 74.5 Å². The molecule has 1 N–H and O–H groups in total. The molecule has 3 aromatic rings. The van der Waals surface area contributed by atoms with Gasteiger partial charge in [-0.2, -0.15) is 0 Å². The molecule has 3 nitrogen and oxygen atoms in total. The Hall–Kier alpha value is -2.81. The summed E-state index contributed by atoms with van der Waals surface area (Å²) in [7, 11) is 0. The highest BCUT2D eigenvalue weighted by Gasteiger charge is 2.29. The fourth-order valence-electron chi connectivity index (χ4n) is 3.81. The van der Waals surface area contributed by atoms with Crippen LogP contribution < -0.4 is 0 Å². The molecule has 0 unspecified atom stereocenters. The number of hydrogen-bond acceptors (Lipinski definition) is 3. The van der Waals surface area contributed by atoms with Gasteiger partial charge in [0.15, 0.2) is 0 Å². The van der Waals surface area contributed by atoms with Crippen LogP contribution in [0.15, 0.2) is 70.4 Å². The van der Waals surface area contributed by atoms with Crippen LogP contribution in [-0.2, 0) is 18.3 Å². The van der Waals surface area contributed by atoms with Crippen LogP contribution in [0.4, 0.5) is 0 Å². The maximum Gasteiger partial charge on any atom is 0.108 e. The second-order valence-electron chi connectivity index (χ2n) is 9.13. The van der Waals surface area contributed by atoms with Gasteiger partial charge >= 0.3 is 0 Å². The SMILES string of the molecule is CC(C)(C)c1ccc(/C(Cc2coc(Cc3ccccc3)c2)=N/O)c(C2CC2)c1. The molecule has 2 aromatic carbocycles. The van der Waals surface area contributed by atoms with E-state index in [1.165, 1.54) is 29.5 Å². The van der Waals surface area contributed by atoms with Crippen molar-refractivity contribution in [1.29, 1.82) is 0 Å². The van der Waals surface area contributed by atoms with Gasteiger partial charge in [-0.05, 0) is 52.5 Å². The molecular formula is C26H29NO2. The van der Waals surface area contributed by atoms with Crippen molar-refractivity contribution in [3.63, 3.8) is 0 Å². The molecule has 0 aliphatic heterocycles. The van der Waals surface area contributed by atoms with E-state index in [9.17, 15) is 5.21 Å². The average molecular weight is 388 g/mol. The number of hydrogen-bond donors (Lipinski definition) is 1. The topological polar surface area (TPSA) is 45.7 Å². The Morgan fingerprint density at radius 1 is 1.03 bits per heavy atom. The molecule has 1 saturated carbocycles. The molecule has 1 aliphatic rings. The minimum atomic E-state index is 0.107. The lowest BCUT2D eigenvalue weighted by Crippen LogP contribution is -2.14. The van der Waals surface area contributed by atoms with E-state index in [2.05, 4.69) is 62.3 Å². The van der Waals surface area contributed by atoms with Gasteiger partial charge in [0, 0.05) is 18.4 Å². The predicted molar refractivity (Wildman–Crippen MR) is 117 cm³/mol. The van der Waals surface area contributed by atoms with Crippen LogP contribution in [0.5, 0.6) is 0 Å². The normalized spacial score (nSPS) is 14.9. The number of rotatable bonds is 6. The van der Waals surface area contributed by atoms with Gasteiger partial charge in [0.25, 0.3) is 0 Å². The molecule has 0 spiro atoms. The Bertz CT molecular complexity index is 1000. The summed E-state index contributed by atoms with van der Waals surface area (Å²) >= 11 is 0. The number of benzene rings is 2. The van der Waals surface area contributed by atoms with E-state index < -0.39 is 0 Å². The van der Waals surface area contributed by atoms with Crippen LogP contribution in [0.1, 0.15) is 73.1 Å². The van der Waals surface area contributed by atoms with Crippen LogP contribution in [-0.4, -0.2) is 10.9 Å². The molecule has 1 aromatic heterocycles. The summed E-state index contributed by atoms with van der Waals surface area (Å²) in [5.41, 5.74) is 6.78. The zero-order valence-corrected chi connectivity index (χ0v) is 17.5. The molecular weight excluding hydrogens is 358 g/mol. The Kier molecular flexibility index (Phi) is 5.31. The molecule has 0 bridgehead atoms. The Balaban J connectivity index is 1.56. The highest BCUT2D eigenvalue weighted by molar-refractivity contribution is 6.03. The minimum Gasteiger partial charge on any atom is -0.469 e. The molecule has 0 amide bonds. The van der Waals surface area contributed by atoms with Crippen molar-refractivity contribution in [2.45, 2.75) is 57.8 Å². The predicted octanol–water partition coefficient (Wildman–Crippen LogP) is 6.47. The molecule has 1 fully saturated rings. The second-order valence-corrected chi connectivity index (χ2v) is 9.13. The smallest absolute Gasteiger partial charge is 0.108 e. The van der Waals surface area contributed by atoms with Gasteiger partial charge < -0.3 is 9.62 Å². The van der Waals surface area contributed by atoms with E-state index in [0.717, 1.165) is 23.3 Å². The lowest BCUT2D eigenvalue weighted by Gasteiger charge is -2.21. The van der Waals surface area contributed by atoms with Gasteiger partial charge in [0.1, 0.15) is 5.76 Å². The molecule has 1 heterocycles. The first-order valence-corrected chi connectivity index (χ1v) is 10.4. The van der Waals surface area contributed by atoms with Crippen molar-refractivity contribution in [2.24, 2.45) is 5.16 Å². The Morgan fingerprint density at radius 2 is 1.79 bits per heavy atom. The zero-order valence-electron chi connectivity index (χ0n) is 17.5. The van der Waals surface area contributed by atoms with E-state index in [1.54, 1.807) is 6.26 Å². The van der Waals surface area contributed by atoms with Crippen molar-refractivity contribution in [2.75, 3.05) is 0 Å². The Morgan fingerprint density at radius 3 is 2.45 bits per heavy atom. The summed E-state index contributed by atoms with van der Waals surface area (Å²) in [6.45, 7) is 6.71. The van der Waals surface area contributed by atoms with Gasteiger partial charge in [-0.15, -0.1) is 0 Å². The maximum atomic E-state index is 9.80. The first-order valence-electron chi connectivity index (χ1n) is 10.4. The molecule has 3 heteroatoms. The molecule has 0 atom stereocenters. The van der Waals surface area contributed by atoms with Crippen LogP contribution >= 0.6 is 0 Å². The van der Waals surface area contributed by atoms with Gasteiger partial charge in [0.2, 0.25) is 0 Å². The number of furan rings is 1. The first kappa shape index (κ1) is 19.5. The number of nitrogens with zero attached hydrogens (tertiary/aromatic N) is 1. The van der Waals surface area contributed by atoms with Crippen LogP contribution in [0.3, 0.4) is 0 Å². The first-order chi connectivity index (χ1) is 13.9. The largest absolute Gasteiger partial charge is 0.469 e. The summed E-state index contributed by atoms with van der Waals surface area (Å²) in [6, 6.07) is 19.0. The van der Waals surface area contributed by atoms with E-state index in [0.29, 0.717) is 18.1 Å². The fourth-order valence-corrected chi connectivity index (χ4v) is 3.81. The van der Waals surface area contributed by atoms with E-state index in [-0.39, 0.29) is 5.41 Å². The van der Waals surface area contributed by atoms with Crippen LogP contribution in [0.2, 0.25) is 0 Å². The van der Waals surface area contributed by atoms with Gasteiger partial charge in [0.05, 0.1) is 12.0 Å². The van der Waals surface area contributed by atoms with Gasteiger partial charge in [-0.25, -0.2) is 0 Å². The van der Waals surface area contributed by atoms with E-state index in [1.807, 2.05) is 18.2 Å². The van der Waals surface area contributed by atoms with Crippen molar-refractivity contribution < 1.29 is 9.62 Å².